The second kappa shape index (κ2) is 3.32. The quantitative estimate of drug-likeness (QED) is 0.456. The number of nitro groups is 1. The van der Waals surface area contributed by atoms with Crippen LogP contribution < -0.4 is 5.32 Å². The largest absolute Gasteiger partial charge is 0.381 e. The molecule has 1 fully saturated rings. The summed E-state index contributed by atoms with van der Waals surface area (Å²) in [6.45, 7) is 0.625. The van der Waals surface area contributed by atoms with Gasteiger partial charge in [0.25, 0.3) is 6.20 Å². The van der Waals surface area contributed by atoms with Crippen LogP contribution in [0.3, 0.4) is 0 Å². The first kappa shape index (κ1) is 7.97. The molecule has 0 aromatic carbocycles. The number of hydrogen-bond donors (Lipinski definition) is 1. The lowest BCUT2D eigenvalue weighted by Gasteiger charge is -2.18. The standard InChI is InChI=1S/C6H9FN2O2/c7-5-2-1-3-8-6(5)4-9(10)11/h4-5,8H,1-3H2. The summed E-state index contributed by atoms with van der Waals surface area (Å²) in [7, 11) is 0. The number of alkyl halides is 1. The first-order valence-electron chi connectivity index (χ1n) is 3.43. The van der Waals surface area contributed by atoms with E-state index < -0.39 is 11.1 Å². The molecule has 62 valence electrons. The molecule has 5 heteroatoms. The van der Waals surface area contributed by atoms with Gasteiger partial charge in [0.1, 0.15) is 11.9 Å². The molecule has 4 nitrogen and oxygen atoms in total. The van der Waals surface area contributed by atoms with E-state index in [9.17, 15) is 14.5 Å². The van der Waals surface area contributed by atoms with Gasteiger partial charge in [0.15, 0.2) is 0 Å². The lowest BCUT2D eigenvalue weighted by Crippen LogP contribution is -2.29. The van der Waals surface area contributed by atoms with E-state index in [1.807, 2.05) is 0 Å². The molecule has 1 heterocycles. The maximum atomic E-state index is 12.8. The second-order valence-corrected chi connectivity index (χ2v) is 2.41. The Morgan fingerprint density at radius 3 is 3.09 bits per heavy atom. The number of hydrogen-bond acceptors (Lipinski definition) is 3. The van der Waals surface area contributed by atoms with Crippen molar-refractivity contribution in [1.29, 1.82) is 0 Å². The van der Waals surface area contributed by atoms with Gasteiger partial charge in [-0.3, -0.25) is 10.1 Å². The Labute approximate surface area is 63.2 Å². The third kappa shape index (κ3) is 2.18. The minimum absolute atomic E-state index is 0.0984. The van der Waals surface area contributed by atoms with Crippen molar-refractivity contribution in [2.24, 2.45) is 0 Å². The fraction of sp³-hybridized carbons (Fsp3) is 0.667. The fourth-order valence-electron chi connectivity index (χ4n) is 1.02. The predicted octanol–water partition coefficient (Wildman–Crippen LogP) is 0.826. The number of piperidine rings is 1. The van der Waals surface area contributed by atoms with Gasteiger partial charge >= 0.3 is 0 Å². The van der Waals surface area contributed by atoms with Crippen LogP contribution in [0.25, 0.3) is 0 Å². The summed E-state index contributed by atoms with van der Waals surface area (Å²) in [5, 5.41) is 12.6. The number of nitrogens with zero attached hydrogens (tertiary/aromatic N) is 1. The zero-order valence-corrected chi connectivity index (χ0v) is 5.92. The van der Waals surface area contributed by atoms with E-state index in [-0.39, 0.29) is 5.70 Å². The van der Waals surface area contributed by atoms with E-state index in [1.54, 1.807) is 0 Å². The molecule has 1 N–H and O–H groups in total. The van der Waals surface area contributed by atoms with Crippen LogP contribution in [0.1, 0.15) is 12.8 Å². The highest BCUT2D eigenvalue weighted by molar-refractivity contribution is 5.04. The van der Waals surface area contributed by atoms with Gasteiger partial charge in [-0.05, 0) is 12.8 Å². The van der Waals surface area contributed by atoms with Crippen molar-refractivity contribution in [1.82, 2.24) is 5.32 Å². The summed E-state index contributed by atoms with van der Waals surface area (Å²) >= 11 is 0. The molecule has 1 unspecified atom stereocenters. The van der Waals surface area contributed by atoms with Crippen LogP contribution in [0.5, 0.6) is 0 Å². The van der Waals surface area contributed by atoms with Crippen LogP contribution in [0, 0.1) is 10.1 Å². The Morgan fingerprint density at radius 2 is 2.55 bits per heavy atom. The molecule has 0 aliphatic carbocycles. The molecule has 0 saturated carbocycles. The summed E-state index contributed by atoms with van der Waals surface area (Å²) in [4.78, 5) is 9.30. The van der Waals surface area contributed by atoms with Crippen LogP contribution in [-0.2, 0) is 0 Å². The summed E-state index contributed by atoms with van der Waals surface area (Å²) in [5.74, 6) is 0. The van der Waals surface area contributed by atoms with Crippen LogP contribution in [0.15, 0.2) is 11.9 Å². The maximum Gasteiger partial charge on any atom is 0.256 e. The Bertz CT molecular complexity index is 193. The van der Waals surface area contributed by atoms with Gasteiger partial charge in [0.2, 0.25) is 0 Å². The zero-order valence-electron chi connectivity index (χ0n) is 5.92. The van der Waals surface area contributed by atoms with E-state index in [4.69, 9.17) is 0 Å². The van der Waals surface area contributed by atoms with Crippen LogP contribution in [0.2, 0.25) is 0 Å². The third-order valence-corrected chi connectivity index (χ3v) is 1.55. The first-order valence-corrected chi connectivity index (χ1v) is 3.43. The molecule has 0 aromatic rings. The molecule has 1 saturated heterocycles. The Balaban J connectivity index is 2.60. The monoisotopic (exact) mass is 160 g/mol. The van der Waals surface area contributed by atoms with Crippen molar-refractivity contribution in [2.45, 2.75) is 19.0 Å². The molecule has 0 radical (unpaired) electrons. The number of nitrogens with one attached hydrogen (secondary N) is 1. The molecule has 0 spiro atoms. The fourth-order valence-corrected chi connectivity index (χ4v) is 1.02. The molecule has 1 atom stereocenters. The normalized spacial score (nSPS) is 28.1. The minimum atomic E-state index is -1.19. The molecular weight excluding hydrogens is 151 g/mol. The van der Waals surface area contributed by atoms with Crippen LogP contribution in [-0.4, -0.2) is 17.6 Å². The van der Waals surface area contributed by atoms with E-state index in [0.29, 0.717) is 19.2 Å². The molecule has 0 amide bonds. The third-order valence-electron chi connectivity index (χ3n) is 1.55. The van der Waals surface area contributed by atoms with Crippen LogP contribution in [0.4, 0.5) is 4.39 Å². The highest BCUT2D eigenvalue weighted by Gasteiger charge is 2.19. The van der Waals surface area contributed by atoms with Gasteiger partial charge in [-0.1, -0.05) is 0 Å². The van der Waals surface area contributed by atoms with Crippen molar-refractivity contribution < 1.29 is 9.31 Å². The second-order valence-electron chi connectivity index (χ2n) is 2.41. The highest BCUT2D eigenvalue weighted by Crippen LogP contribution is 2.14. The van der Waals surface area contributed by atoms with Gasteiger partial charge in [-0.25, -0.2) is 4.39 Å². The average molecular weight is 160 g/mol. The van der Waals surface area contributed by atoms with Gasteiger partial charge in [-0.15, -0.1) is 0 Å². The van der Waals surface area contributed by atoms with E-state index in [0.717, 1.165) is 6.42 Å². The molecule has 0 aromatic heterocycles. The van der Waals surface area contributed by atoms with Gasteiger partial charge in [0.05, 0.1) is 4.92 Å². The molecule has 0 bridgehead atoms. The average Bonchev–Trinajstić information content (AvgIpc) is 1.93. The first-order chi connectivity index (χ1) is 5.20. The summed E-state index contributed by atoms with van der Waals surface area (Å²) in [6.07, 6.45) is 0.626. The topological polar surface area (TPSA) is 55.2 Å². The smallest absolute Gasteiger partial charge is 0.256 e. The molecule has 1 aliphatic heterocycles. The lowest BCUT2D eigenvalue weighted by atomic mass is 10.1. The lowest BCUT2D eigenvalue weighted by molar-refractivity contribution is -0.404. The predicted molar refractivity (Wildman–Crippen MR) is 37.2 cm³/mol. The van der Waals surface area contributed by atoms with Gasteiger partial charge in [0, 0.05) is 6.54 Å². The minimum Gasteiger partial charge on any atom is -0.381 e. The zero-order chi connectivity index (χ0) is 8.27. The molecule has 11 heavy (non-hydrogen) atoms. The van der Waals surface area contributed by atoms with Crippen molar-refractivity contribution in [3.05, 3.63) is 22.0 Å². The molecule has 1 aliphatic rings. The van der Waals surface area contributed by atoms with Crippen molar-refractivity contribution in [3.63, 3.8) is 0 Å². The number of rotatable bonds is 1. The summed E-state index contributed by atoms with van der Waals surface area (Å²) < 4.78 is 12.8. The highest BCUT2D eigenvalue weighted by atomic mass is 19.1. The van der Waals surface area contributed by atoms with Gasteiger partial charge < -0.3 is 5.32 Å². The van der Waals surface area contributed by atoms with E-state index in [1.165, 1.54) is 0 Å². The van der Waals surface area contributed by atoms with Gasteiger partial charge in [-0.2, -0.15) is 0 Å². The van der Waals surface area contributed by atoms with E-state index >= 15 is 0 Å². The van der Waals surface area contributed by atoms with Crippen molar-refractivity contribution in [2.75, 3.05) is 6.54 Å². The van der Waals surface area contributed by atoms with Crippen molar-refractivity contribution >= 4 is 0 Å². The summed E-state index contributed by atoms with van der Waals surface area (Å²) in [6, 6.07) is 0. The Kier molecular flexibility index (Phi) is 2.40. The summed E-state index contributed by atoms with van der Waals surface area (Å²) in [5.41, 5.74) is 0.0984. The van der Waals surface area contributed by atoms with E-state index in [2.05, 4.69) is 5.32 Å². The van der Waals surface area contributed by atoms with Crippen molar-refractivity contribution in [3.8, 4) is 0 Å². The molecular formula is C6H9FN2O2. The van der Waals surface area contributed by atoms with Crippen LogP contribution >= 0.6 is 0 Å². The number of halogens is 1. The molecule has 1 rings (SSSR count). The maximum absolute atomic E-state index is 12.8. The number of allylic oxidation sites excluding steroid dienone is 1. The Morgan fingerprint density at radius 1 is 1.82 bits per heavy atom. The SMILES string of the molecule is O=[N+]([O-])C=C1NCCCC1F. The Hall–Kier alpha value is -1.13.